The fourth-order valence-corrected chi connectivity index (χ4v) is 1.95. The lowest BCUT2D eigenvalue weighted by Crippen LogP contribution is -2.23. The van der Waals surface area contributed by atoms with E-state index in [-0.39, 0.29) is 5.91 Å². The normalized spacial score (nSPS) is 10.1. The molecule has 0 bridgehead atoms. The van der Waals surface area contributed by atoms with E-state index >= 15 is 0 Å². The molecule has 0 aliphatic rings. The Labute approximate surface area is 118 Å². The van der Waals surface area contributed by atoms with E-state index in [9.17, 15) is 4.79 Å². The van der Waals surface area contributed by atoms with Crippen LogP contribution in [0.4, 0.5) is 0 Å². The van der Waals surface area contributed by atoms with Crippen molar-refractivity contribution in [3.05, 3.63) is 63.3 Å². The molecule has 18 heavy (non-hydrogen) atoms. The number of hydrogen-bond acceptors (Lipinski definition) is 2. The van der Waals surface area contributed by atoms with Gasteiger partial charge in [0.15, 0.2) is 0 Å². The average molecular weight is 326 g/mol. The van der Waals surface area contributed by atoms with Crippen LogP contribution in [0.1, 0.15) is 16.1 Å². The lowest BCUT2D eigenvalue weighted by Gasteiger charge is -2.06. The lowest BCUT2D eigenvalue weighted by atomic mass is 10.2. The minimum Gasteiger partial charge on any atom is -0.347 e. The Morgan fingerprint density at radius 2 is 2.06 bits per heavy atom. The van der Waals surface area contributed by atoms with E-state index in [0.717, 1.165) is 10.0 Å². The van der Waals surface area contributed by atoms with Crippen LogP contribution in [0.3, 0.4) is 0 Å². The number of carbonyl (C=O) groups is 1. The SMILES string of the molecule is O=C(NCc1ccccc1Br)c1ccc(Cl)cn1. The molecule has 0 aliphatic carbocycles. The molecule has 0 aliphatic heterocycles. The first kappa shape index (κ1) is 13.1. The second kappa shape index (κ2) is 5.98. The van der Waals surface area contributed by atoms with Crippen LogP contribution in [0.2, 0.25) is 5.02 Å². The van der Waals surface area contributed by atoms with Crippen molar-refractivity contribution in [2.24, 2.45) is 0 Å². The van der Waals surface area contributed by atoms with Crippen LogP contribution in [0.25, 0.3) is 0 Å². The van der Waals surface area contributed by atoms with E-state index in [4.69, 9.17) is 11.6 Å². The maximum atomic E-state index is 11.8. The van der Waals surface area contributed by atoms with Gasteiger partial charge in [0.1, 0.15) is 5.69 Å². The van der Waals surface area contributed by atoms with Crippen LogP contribution in [-0.2, 0) is 6.54 Å². The molecule has 0 fully saturated rings. The molecular weight excluding hydrogens is 316 g/mol. The largest absolute Gasteiger partial charge is 0.347 e. The van der Waals surface area contributed by atoms with Crippen LogP contribution in [0, 0.1) is 0 Å². The molecule has 0 radical (unpaired) electrons. The highest BCUT2D eigenvalue weighted by atomic mass is 79.9. The number of pyridine rings is 1. The van der Waals surface area contributed by atoms with E-state index in [1.807, 2.05) is 24.3 Å². The van der Waals surface area contributed by atoms with E-state index in [1.165, 1.54) is 6.20 Å². The number of amides is 1. The molecule has 1 amide bonds. The third-order valence-electron chi connectivity index (χ3n) is 2.36. The number of hydrogen-bond donors (Lipinski definition) is 1. The molecule has 0 saturated heterocycles. The van der Waals surface area contributed by atoms with Crippen molar-refractivity contribution < 1.29 is 4.79 Å². The maximum absolute atomic E-state index is 11.8. The monoisotopic (exact) mass is 324 g/mol. The molecule has 1 heterocycles. The first-order valence-corrected chi connectivity index (χ1v) is 6.47. The Hall–Kier alpha value is -1.39. The predicted octanol–water partition coefficient (Wildman–Crippen LogP) is 3.43. The summed E-state index contributed by atoms with van der Waals surface area (Å²) >= 11 is 9.14. The van der Waals surface area contributed by atoms with Gasteiger partial charge in [0, 0.05) is 17.2 Å². The Morgan fingerprint density at radius 1 is 1.28 bits per heavy atom. The third-order valence-corrected chi connectivity index (χ3v) is 3.35. The zero-order valence-corrected chi connectivity index (χ0v) is 11.7. The van der Waals surface area contributed by atoms with Gasteiger partial charge in [0.25, 0.3) is 5.91 Å². The summed E-state index contributed by atoms with van der Waals surface area (Å²) in [6.45, 7) is 0.449. The Morgan fingerprint density at radius 3 is 2.72 bits per heavy atom. The molecule has 1 N–H and O–H groups in total. The number of nitrogens with zero attached hydrogens (tertiary/aromatic N) is 1. The van der Waals surface area contributed by atoms with E-state index < -0.39 is 0 Å². The van der Waals surface area contributed by atoms with E-state index in [2.05, 4.69) is 26.2 Å². The van der Waals surface area contributed by atoms with Gasteiger partial charge in [-0.25, -0.2) is 4.98 Å². The van der Waals surface area contributed by atoms with Gasteiger partial charge in [0.05, 0.1) is 5.02 Å². The van der Waals surface area contributed by atoms with Gasteiger partial charge in [-0.05, 0) is 23.8 Å². The Balaban J connectivity index is 2.01. The topological polar surface area (TPSA) is 42.0 Å². The van der Waals surface area contributed by atoms with Gasteiger partial charge in [-0.2, -0.15) is 0 Å². The maximum Gasteiger partial charge on any atom is 0.270 e. The van der Waals surface area contributed by atoms with Crippen LogP contribution in [0.15, 0.2) is 47.1 Å². The number of halogens is 2. The van der Waals surface area contributed by atoms with Crippen molar-refractivity contribution >= 4 is 33.4 Å². The molecule has 2 rings (SSSR count). The van der Waals surface area contributed by atoms with Crippen molar-refractivity contribution in [1.82, 2.24) is 10.3 Å². The molecule has 1 aromatic heterocycles. The molecule has 0 spiro atoms. The summed E-state index contributed by atoms with van der Waals surface area (Å²) in [5.41, 5.74) is 1.37. The fraction of sp³-hybridized carbons (Fsp3) is 0.0769. The standard InChI is InChI=1S/C13H10BrClN2O/c14-11-4-2-1-3-9(11)7-17-13(18)12-6-5-10(15)8-16-12/h1-6,8H,7H2,(H,17,18). The van der Waals surface area contributed by atoms with Gasteiger partial charge in [-0.1, -0.05) is 45.7 Å². The van der Waals surface area contributed by atoms with Crippen LogP contribution in [0.5, 0.6) is 0 Å². The molecule has 92 valence electrons. The fourth-order valence-electron chi connectivity index (χ4n) is 1.42. The molecule has 0 saturated carbocycles. The highest BCUT2D eigenvalue weighted by Crippen LogP contribution is 2.15. The number of benzene rings is 1. The summed E-state index contributed by atoms with van der Waals surface area (Å²) in [5.74, 6) is -0.220. The summed E-state index contributed by atoms with van der Waals surface area (Å²) in [4.78, 5) is 15.8. The summed E-state index contributed by atoms with van der Waals surface area (Å²) in [7, 11) is 0. The predicted molar refractivity (Wildman–Crippen MR) is 74.6 cm³/mol. The van der Waals surface area contributed by atoms with Crippen molar-refractivity contribution in [3.63, 3.8) is 0 Å². The zero-order chi connectivity index (χ0) is 13.0. The molecule has 3 nitrogen and oxygen atoms in total. The van der Waals surface area contributed by atoms with Crippen molar-refractivity contribution in [1.29, 1.82) is 0 Å². The Bertz CT molecular complexity index is 557. The summed E-state index contributed by atoms with van der Waals surface area (Å²) in [6.07, 6.45) is 1.45. The van der Waals surface area contributed by atoms with E-state index in [0.29, 0.717) is 17.3 Å². The zero-order valence-electron chi connectivity index (χ0n) is 9.36. The highest BCUT2D eigenvalue weighted by Gasteiger charge is 2.07. The van der Waals surface area contributed by atoms with Crippen molar-refractivity contribution in [2.75, 3.05) is 0 Å². The molecule has 1 aromatic carbocycles. The number of nitrogens with one attached hydrogen (secondary N) is 1. The minimum atomic E-state index is -0.220. The number of rotatable bonds is 3. The molecule has 0 atom stereocenters. The minimum absolute atomic E-state index is 0.220. The van der Waals surface area contributed by atoms with Crippen LogP contribution >= 0.6 is 27.5 Å². The third kappa shape index (κ3) is 3.31. The van der Waals surface area contributed by atoms with Crippen molar-refractivity contribution in [3.8, 4) is 0 Å². The second-order valence-corrected chi connectivity index (χ2v) is 4.93. The quantitative estimate of drug-likeness (QED) is 0.939. The average Bonchev–Trinajstić information content (AvgIpc) is 2.38. The smallest absolute Gasteiger partial charge is 0.270 e. The highest BCUT2D eigenvalue weighted by molar-refractivity contribution is 9.10. The number of aromatic nitrogens is 1. The summed E-state index contributed by atoms with van der Waals surface area (Å²) < 4.78 is 0.967. The summed E-state index contributed by atoms with van der Waals surface area (Å²) in [6, 6.07) is 11.0. The van der Waals surface area contributed by atoms with Crippen molar-refractivity contribution in [2.45, 2.75) is 6.54 Å². The second-order valence-electron chi connectivity index (χ2n) is 3.64. The number of carbonyl (C=O) groups excluding carboxylic acids is 1. The van der Waals surface area contributed by atoms with Gasteiger partial charge >= 0.3 is 0 Å². The van der Waals surface area contributed by atoms with Crippen LogP contribution in [-0.4, -0.2) is 10.9 Å². The molecular formula is C13H10BrClN2O. The molecule has 0 unspecified atom stereocenters. The van der Waals surface area contributed by atoms with E-state index in [1.54, 1.807) is 12.1 Å². The summed E-state index contributed by atoms with van der Waals surface area (Å²) in [5, 5.41) is 3.31. The van der Waals surface area contributed by atoms with Crippen LogP contribution < -0.4 is 5.32 Å². The van der Waals surface area contributed by atoms with Gasteiger partial charge < -0.3 is 5.32 Å². The first-order valence-electron chi connectivity index (χ1n) is 5.30. The molecule has 5 heteroatoms. The van der Waals surface area contributed by atoms with Gasteiger partial charge in [0.2, 0.25) is 0 Å². The first-order chi connectivity index (χ1) is 8.66. The van der Waals surface area contributed by atoms with Gasteiger partial charge in [-0.15, -0.1) is 0 Å². The lowest BCUT2D eigenvalue weighted by molar-refractivity contribution is 0.0946. The van der Waals surface area contributed by atoms with Gasteiger partial charge in [-0.3, -0.25) is 4.79 Å². The molecule has 2 aromatic rings. The Kier molecular flexibility index (Phi) is 4.33.